The Hall–Kier alpha value is -2.96. The summed E-state index contributed by atoms with van der Waals surface area (Å²) in [5.41, 5.74) is 1.98. The molecule has 3 amide bonds. The minimum Gasteiger partial charge on any atom is -0.449 e. The first-order chi connectivity index (χ1) is 12.8. The topological polar surface area (TPSA) is 97.4 Å². The van der Waals surface area contributed by atoms with E-state index in [2.05, 4.69) is 15.6 Å². The van der Waals surface area contributed by atoms with Gasteiger partial charge in [-0.3, -0.25) is 15.1 Å². The van der Waals surface area contributed by atoms with E-state index in [0.717, 1.165) is 24.1 Å². The Morgan fingerprint density at radius 2 is 1.85 bits per heavy atom. The maximum atomic E-state index is 12.7. The van der Waals surface area contributed by atoms with E-state index in [0.29, 0.717) is 16.9 Å². The third kappa shape index (κ3) is 4.61. The van der Waals surface area contributed by atoms with Crippen LogP contribution >= 0.6 is 0 Å². The van der Waals surface area contributed by atoms with Crippen LogP contribution in [-0.2, 0) is 9.53 Å². The second-order valence-corrected chi connectivity index (χ2v) is 7.05. The lowest BCUT2D eigenvalue weighted by Crippen LogP contribution is -2.46. The number of hydrogen-bond donors (Lipinski definition) is 2. The van der Waals surface area contributed by atoms with Crippen LogP contribution in [0.2, 0.25) is 0 Å². The fourth-order valence-electron chi connectivity index (χ4n) is 2.74. The average molecular weight is 369 g/mol. The molecule has 0 bridgehead atoms. The number of imide groups is 1. The predicted molar refractivity (Wildman–Crippen MR) is 100 cm³/mol. The molecular formula is C20H23N3O4. The van der Waals surface area contributed by atoms with Crippen molar-refractivity contribution in [2.75, 3.05) is 0 Å². The van der Waals surface area contributed by atoms with E-state index in [1.807, 2.05) is 18.2 Å². The van der Waals surface area contributed by atoms with Gasteiger partial charge in [-0.05, 0) is 45.7 Å². The van der Waals surface area contributed by atoms with Gasteiger partial charge in [0.25, 0.3) is 5.91 Å². The third-order valence-electron chi connectivity index (χ3n) is 4.26. The molecule has 27 heavy (non-hydrogen) atoms. The van der Waals surface area contributed by atoms with Crippen LogP contribution in [0.25, 0.3) is 10.9 Å². The molecule has 3 rings (SSSR count). The predicted octanol–water partition coefficient (Wildman–Crippen LogP) is 2.89. The molecule has 1 saturated carbocycles. The van der Waals surface area contributed by atoms with Crippen molar-refractivity contribution >= 4 is 28.8 Å². The maximum absolute atomic E-state index is 12.7. The number of benzene rings is 1. The van der Waals surface area contributed by atoms with Gasteiger partial charge in [0, 0.05) is 23.0 Å². The van der Waals surface area contributed by atoms with E-state index >= 15 is 0 Å². The summed E-state index contributed by atoms with van der Waals surface area (Å²) in [5.74, 6) is -0.911. The standard InChI is InChI=1S/C20H23N3O4/c1-11(2)21-20(26)23-18(24)12(3)27-19(25)15-10-17(13-8-9-13)22-16-7-5-4-6-14(15)16/h4-7,10-13H,8-9H2,1-3H3,(H2,21,23,24,26)/t12-/m1/s1. The highest BCUT2D eigenvalue weighted by atomic mass is 16.5. The van der Waals surface area contributed by atoms with Crippen molar-refractivity contribution in [3.63, 3.8) is 0 Å². The molecule has 0 spiro atoms. The van der Waals surface area contributed by atoms with Gasteiger partial charge < -0.3 is 10.1 Å². The smallest absolute Gasteiger partial charge is 0.339 e. The second-order valence-electron chi connectivity index (χ2n) is 7.05. The number of carbonyl (C=O) groups excluding carboxylic acids is 3. The molecule has 1 aromatic heterocycles. The van der Waals surface area contributed by atoms with Crippen molar-refractivity contribution in [1.29, 1.82) is 0 Å². The summed E-state index contributed by atoms with van der Waals surface area (Å²) in [7, 11) is 0. The third-order valence-corrected chi connectivity index (χ3v) is 4.26. The number of esters is 1. The van der Waals surface area contributed by atoms with Crippen LogP contribution in [-0.4, -0.2) is 35.0 Å². The number of nitrogens with one attached hydrogen (secondary N) is 2. The van der Waals surface area contributed by atoms with Crippen LogP contribution in [0, 0.1) is 0 Å². The van der Waals surface area contributed by atoms with Gasteiger partial charge in [-0.25, -0.2) is 9.59 Å². The molecule has 0 aliphatic heterocycles. The quantitative estimate of drug-likeness (QED) is 0.790. The number of rotatable bonds is 5. The van der Waals surface area contributed by atoms with E-state index in [1.165, 1.54) is 6.92 Å². The zero-order valence-electron chi connectivity index (χ0n) is 15.6. The number of carbonyl (C=O) groups is 3. The van der Waals surface area contributed by atoms with Crippen molar-refractivity contribution in [1.82, 2.24) is 15.6 Å². The van der Waals surface area contributed by atoms with Crippen molar-refractivity contribution in [3.8, 4) is 0 Å². The zero-order valence-corrected chi connectivity index (χ0v) is 15.6. The van der Waals surface area contributed by atoms with Crippen LogP contribution in [0.1, 0.15) is 55.6 Å². The van der Waals surface area contributed by atoms with Crippen molar-refractivity contribution in [2.45, 2.75) is 51.7 Å². The molecule has 2 N–H and O–H groups in total. The number of nitrogens with zero attached hydrogens (tertiary/aromatic N) is 1. The number of aromatic nitrogens is 1. The van der Waals surface area contributed by atoms with E-state index in [-0.39, 0.29) is 6.04 Å². The Bertz CT molecular complexity index is 890. The first-order valence-corrected chi connectivity index (χ1v) is 9.07. The Morgan fingerprint density at radius 3 is 2.52 bits per heavy atom. The number of fused-ring (bicyclic) bond motifs is 1. The lowest BCUT2D eigenvalue weighted by Gasteiger charge is -2.15. The summed E-state index contributed by atoms with van der Waals surface area (Å²) in [6.45, 7) is 4.99. The molecule has 0 unspecified atom stereocenters. The maximum Gasteiger partial charge on any atom is 0.339 e. The number of ether oxygens (including phenoxy) is 1. The van der Waals surface area contributed by atoms with Crippen molar-refractivity contribution in [2.24, 2.45) is 0 Å². The summed E-state index contributed by atoms with van der Waals surface area (Å²) in [4.78, 5) is 41.0. The van der Waals surface area contributed by atoms with Crippen molar-refractivity contribution < 1.29 is 19.1 Å². The van der Waals surface area contributed by atoms with Gasteiger partial charge in [0.1, 0.15) is 0 Å². The molecule has 1 aliphatic rings. The van der Waals surface area contributed by atoms with E-state index in [9.17, 15) is 14.4 Å². The Morgan fingerprint density at radius 1 is 1.15 bits per heavy atom. The Balaban J connectivity index is 1.75. The molecule has 7 nitrogen and oxygen atoms in total. The lowest BCUT2D eigenvalue weighted by molar-refractivity contribution is -0.127. The molecule has 7 heteroatoms. The fraction of sp³-hybridized carbons (Fsp3) is 0.400. The van der Waals surface area contributed by atoms with Gasteiger partial charge in [0.05, 0.1) is 11.1 Å². The van der Waals surface area contributed by atoms with E-state index in [4.69, 9.17) is 4.74 Å². The molecule has 1 fully saturated rings. The normalized spacial score (nSPS) is 14.7. The Kier molecular flexibility index (Phi) is 5.39. The summed E-state index contributed by atoms with van der Waals surface area (Å²) < 4.78 is 5.31. The van der Waals surface area contributed by atoms with Crippen LogP contribution in [0.15, 0.2) is 30.3 Å². The highest BCUT2D eigenvalue weighted by molar-refractivity contribution is 6.05. The minimum absolute atomic E-state index is 0.111. The number of pyridine rings is 1. The SMILES string of the molecule is CC(C)NC(=O)NC(=O)[C@@H](C)OC(=O)c1cc(C2CC2)nc2ccccc12. The van der Waals surface area contributed by atoms with Gasteiger partial charge >= 0.3 is 12.0 Å². The summed E-state index contributed by atoms with van der Waals surface area (Å²) in [6.07, 6.45) is 1.01. The molecule has 1 heterocycles. The van der Waals surface area contributed by atoms with Gasteiger partial charge in [-0.15, -0.1) is 0 Å². The largest absolute Gasteiger partial charge is 0.449 e. The number of amides is 3. The number of urea groups is 1. The van der Waals surface area contributed by atoms with Gasteiger partial charge in [0.15, 0.2) is 6.10 Å². The molecule has 1 atom stereocenters. The fourth-order valence-corrected chi connectivity index (χ4v) is 2.74. The Labute approximate surface area is 157 Å². The molecular weight excluding hydrogens is 346 g/mol. The summed E-state index contributed by atoms with van der Waals surface area (Å²) >= 11 is 0. The van der Waals surface area contributed by atoms with E-state index in [1.54, 1.807) is 26.0 Å². The molecule has 0 saturated heterocycles. The summed E-state index contributed by atoms with van der Waals surface area (Å²) in [5, 5.41) is 5.39. The van der Waals surface area contributed by atoms with Gasteiger partial charge in [-0.2, -0.15) is 0 Å². The van der Waals surface area contributed by atoms with Crippen LogP contribution in [0.5, 0.6) is 0 Å². The summed E-state index contributed by atoms with van der Waals surface area (Å²) in [6, 6.07) is 8.36. The molecule has 2 aromatic rings. The first-order valence-electron chi connectivity index (χ1n) is 9.07. The van der Waals surface area contributed by atoms with Gasteiger partial charge in [0.2, 0.25) is 0 Å². The van der Waals surface area contributed by atoms with Crippen molar-refractivity contribution in [3.05, 3.63) is 41.6 Å². The molecule has 0 radical (unpaired) electrons. The van der Waals surface area contributed by atoms with E-state index < -0.39 is 24.0 Å². The monoisotopic (exact) mass is 369 g/mol. The molecule has 1 aliphatic carbocycles. The average Bonchev–Trinajstić information content (AvgIpc) is 3.44. The number of hydrogen-bond acceptors (Lipinski definition) is 5. The second kappa shape index (κ2) is 7.73. The highest BCUT2D eigenvalue weighted by Gasteiger charge is 2.28. The first kappa shape index (κ1) is 18.8. The van der Waals surface area contributed by atoms with Crippen LogP contribution in [0.4, 0.5) is 4.79 Å². The lowest BCUT2D eigenvalue weighted by atomic mass is 10.1. The molecule has 1 aromatic carbocycles. The highest BCUT2D eigenvalue weighted by Crippen LogP contribution is 2.40. The van der Waals surface area contributed by atoms with Gasteiger partial charge in [-0.1, -0.05) is 18.2 Å². The zero-order chi connectivity index (χ0) is 19.6. The number of para-hydroxylation sites is 1. The van der Waals surface area contributed by atoms with Crippen LogP contribution in [0.3, 0.4) is 0 Å². The minimum atomic E-state index is -1.10. The van der Waals surface area contributed by atoms with Crippen LogP contribution < -0.4 is 10.6 Å². The molecule has 142 valence electrons.